The zero-order valence-corrected chi connectivity index (χ0v) is 12.3. The largest absolute Gasteiger partial charge is 0.454 e. The van der Waals surface area contributed by atoms with Crippen LogP contribution in [0.3, 0.4) is 0 Å². The van der Waals surface area contributed by atoms with E-state index in [9.17, 15) is 4.79 Å². The molecule has 0 radical (unpaired) electrons. The number of aromatic amines is 2. The molecule has 1 aromatic carbocycles. The van der Waals surface area contributed by atoms with Gasteiger partial charge < -0.3 is 15.0 Å². The van der Waals surface area contributed by atoms with Crippen LogP contribution in [0, 0.1) is 0 Å². The summed E-state index contributed by atoms with van der Waals surface area (Å²) in [6.45, 7) is 0. The average molecular weight is 307 g/mol. The van der Waals surface area contributed by atoms with Gasteiger partial charge in [0.2, 0.25) is 0 Å². The van der Waals surface area contributed by atoms with Gasteiger partial charge in [-0.1, -0.05) is 0 Å². The molecule has 0 saturated heterocycles. The van der Waals surface area contributed by atoms with Gasteiger partial charge in [-0.15, -0.1) is 0 Å². The predicted molar refractivity (Wildman–Crippen MR) is 88.1 cm³/mol. The third-order valence-corrected chi connectivity index (χ3v) is 3.60. The lowest BCUT2D eigenvalue weighted by Gasteiger charge is -2.11. The van der Waals surface area contributed by atoms with Gasteiger partial charge in [-0.25, -0.2) is 9.78 Å². The van der Waals surface area contributed by atoms with E-state index in [0.717, 1.165) is 16.6 Å². The quantitative estimate of drug-likeness (QED) is 0.541. The van der Waals surface area contributed by atoms with Crippen LogP contribution < -0.4 is 15.7 Å². The summed E-state index contributed by atoms with van der Waals surface area (Å²) < 4.78 is 6.02. The van der Waals surface area contributed by atoms with E-state index >= 15 is 0 Å². The van der Waals surface area contributed by atoms with Gasteiger partial charge in [-0.2, -0.15) is 0 Å². The highest BCUT2D eigenvalue weighted by Gasteiger charge is 2.11. The number of fused-ring (bicyclic) bond motifs is 2. The average Bonchev–Trinajstić information content (AvgIpc) is 2.96. The standard InChI is InChI=1S/C16H13N5O2/c1-17-10-4-5-11(9-3-2-7-18-13(9)10)23-12-6-8-19-15-14(12)20-16(22)21-15/h2-8,17H,1H3,(H2,19,20,21,22). The summed E-state index contributed by atoms with van der Waals surface area (Å²) >= 11 is 0. The summed E-state index contributed by atoms with van der Waals surface area (Å²) in [5.74, 6) is 1.18. The minimum Gasteiger partial charge on any atom is -0.454 e. The van der Waals surface area contributed by atoms with Crippen molar-refractivity contribution in [1.29, 1.82) is 0 Å². The first-order valence-electron chi connectivity index (χ1n) is 7.06. The van der Waals surface area contributed by atoms with E-state index in [1.165, 1.54) is 0 Å². The van der Waals surface area contributed by atoms with Gasteiger partial charge in [-0.05, 0) is 24.3 Å². The van der Waals surface area contributed by atoms with Crippen molar-refractivity contribution in [3.63, 3.8) is 0 Å². The first-order chi connectivity index (χ1) is 11.3. The van der Waals surface area contributed by atoms with Crippen LogP contribution in [0.1, 0.15) is 0 Å². The molecule has 0 bridgehead atoms. The summed E-state index contributed by atoms with van der Waals surface area (Å²) in [7, 11) is 1.85. The van der Waals surface area contributed by atoms with Crippen LogP contribution in [-0.2, 0) is 0 Å². The fourth-order valence-corrected chi connectivity index (χ4v) is 2.55. The van der Waals surface area contributed by atoms with Gasteiger partial charge in [0.1, 0.15) is 11.3 Å². The molecule has 0 aliphatic rings. The van der Waals surface area contributed by atoms with Crippen molar-refractivity contribution in [3.8, 4) is 11.5 Å². The topological polar surface area (TPSA) is 95.7 Å². The SMILES string of the molecule is CNc1ccc(Oc2ccnc3[nH]c(=O)[nH]c23)c2cccnc12. The summed E-state index contributed by atoms with van der Waals surface area (Å²) in [5, 5.41) is 3.99. The lowest BCUT2D eigenvalue weighted by atomic mass is 10.1. The lowest BCUT2D eigenvalue weighted by molar-refractivity contribution is 0.492. The van der Waals surface area contributed by atoms with E-state index in [4.69, 9.17) is 4.74 Å². The third kappa shape index (κ3) is 2.18. The van der Waals surface area contributed by atoms with E-state index < -0.39 is 0 Å². The molecular formula is C16H13N5O2. The van der Waals surface area contributed by atoms with Gasteiger partial charge >= 0.3 is 5.69 Å². The zero-order valence-electron chi connectivity index (χ0n) is 12.3. The van der Waals surface area contributed by atoms with Crippen LogP contribution in [-0.4, -0.2) is 27.0 Å². The van der Waals surface area contributed by atoms with Gasteiger partial charge in [0, 0.05) is 30.9 Å². The molecule has 0 amide bonds. The number of hydrogen-bond donors (Lipinski definition) is 3. The highest BCUT2D eigenvalue weighted by atomic mass is 16.5. The molecule has 0 unspecified atom stereocenters. The summed E-state index contributed by atoms with van der Waals surface area (Å²) in [5.41, 5.74) is 2.41. The number of ether oxygens (including phenoxy) is 1. The highest BCUT2D eigenvalue weighted by molar-refractivity contribution is 5.95. The van der Waals surface area contributed by atoms with E-state index in [1.54, 1.807) is 18.5 Å². The molecule has 3 aromatic heterocycles. The Bertz CT molecular complexity index is 1070. The first-order valence-corrected chi connectivity index (χ1v) is 7.06. The van der Waals surface area contributed by atoms with Gasteiger partial charge in [0.25, 0.3) is 0 Å². The molecule has 0 aliphatic heterocycles. The summed E-state index contributed by atoms with van der Waals surface area (Å²) in [4.78, 5) is 25.3. The molecule has 0 fully saturated rings. The Hall–Kier alpha value is -3.35. The Morgan fingerprint density at radius 2 is 1.96 bits per heavy atom. The number of hydrogen-bond acceptors (Lipinski definition) is 5. The van der Waals surface area contributed by atoms with E-state index in [1.807, 2.05) is 31.3 Å². The number of aromatic nitrogens is 4. The predicted octanol–water partition coefficient (Wildman–Crippen LogP) is 2.63. The highest BCUT2D eigenvalue weighted by Crippen LogP contribution is 2.34. The van der Waals surface area contributed by atoms with Crippen molar-refractivity contribution in [1.82, 2.24) is 19.9 Å². The first kappa shape index (κ1) is 13.3. The van der Waals surface area contributed by atoms with Crippen LogP contribution in [0.25, 0.3) is 22.1 Å². The summed E-state index contributed by atoms with van der Waals surface area (Å²) in [6, 6.07) is 9.28. The van der Waals surface area contributed by atoms with Gasteiger partial charge in [0.15, 0.2) is 11.4 Å². The maximum atomic E-state index is 11.5. The molecule has 0 saturated carbocycles. The number of rotatable bonds is 3. The van der Waals surface area contributed by atoms with Gasteiger partial charge in [-0.3, -0.25) is 9.97 Å². The number of benzene rings is 1. The zero-order chi connectivity index (χ0) is 15.8. The Morgan fingerprint density at radius 3 is 2.83 bits per heavy atom. The van der Waals surface area contributed by atoms with Crippen LogP contribution in [0.15, 0.2) is 47.5 Å². The van der Waals surface area contributed by atoms with Crippen LogP contribution in [0.5, 0.6) is 11.5 Å². The molecule has 0 atom stereocenters. The summed E-state index contributed by atoms with van der Waals surface area (Å²) in [6.07, 6.45) is 3.32. The number of nitrogens with one attached hydrogen (secondary N) is 3. The maximum Gasteiger partial charge on any atom is 0.325 e. The second kappa shape index (κ2) is 5.13. The molecule has 3 heterocycles. The number of pyridine rings is 2. The second-order valence-corrected chi connectivity index (χ2v) is 4.97. The second-order valence-electron chi connectivity index (χ2n) is 4.97. The molecule has 7 heteroatoms. The van der Waals surface area contributed by atoms with E-state index in [-0.39, 0.29) is 5.69 Å². The molecule has 0 aliphatic carbocycles. The van der Waals surface area contributed by atoms with E-state index in [2.05, 4.69) is 25.3 Å². The van der Waals surface area contributed by atoms with E-state index in [0.29, 0.717) is 22.7 Å². The van der Waals surface area contributed by atoms with Crippen molar-refractivity contribution in [2.45, 2.75) is 0 Å². The number of anilines is 1. The van der Waals surface area contributed by atoms with Crippen molar-refractivity contribution in [2.24, 2.45) is 0 Å². The Labute approximate surface area is 130 Å². The molecule has 4 rings (SSSR count). The fourth-order valence-electron chi connectivity index (χ4n) is 2.55. The Kier molecular flexibility index (Phi) is 2.97. The molecular weight excluding hydrogens is 294 g/mol. The minimum atomic E-state index is -0.319. The number of imidazole rings is 1. The minimum absolute atomic E-state index is 0.319. The molecule has 114 valence electrons. The smallest absolute Gasteiger partial charge is 0.325 e. The van der Waals surface area contributed by atoms with Crippen LogP contribution in [0.2, 0.25) is 0 Å². The molecule has 4 aromatic rings. The normalized spacial score (nSPS) is 11.0. The Morgan fingerprint density at radius 1 is 1.04 bits per heavy atom. The molecule has 23 heavy (non-hydrogen) atoms. The fraction of sp³-hybridized carbons (Fsp3) is 0.0625. The third-order valence-electron chi connectivity index (χ3n) is 3.60. The monoisotopic (exact) mass is 307 g/mol. The van der Waals surface area contributed by atoms with Gasteiger partial charge in [0.05, 0.1) is 11.2 Å². The molecule has 0 spiro atoms. The molecule has 7 nitrogen and oxygen atoms in total. The van der Waals surface area contributed by atoms with Crippen molar-refractivity contribution in [2.75, 3.05) is 12.4 Å². The lowest BCUT2D eigenvalue weighted by Crippen LogP contribution is -1.99. The van der Waals surface area contributed by atoms with Crippen molar-refractivity contribution < 1.29 is 4.74 Å². The Balaban J connectivity index is 1.88. The number of nitrogens with zero attached hydrogens (tertiary/aromatic N) is 2. The van der Waals surface area contributed by atoms with Crippen LogP contribution in [0.4, 0.5) is 5.69 Å². The van der Waals surface area contributed by atoms with Crippen molar-refractivity contribution in [3.05, 3.63) is 53.2 Å². The number of H-pyrrole nitrogens is 2. The molecule has 3 N–H and O–H groups in total. The van der Waals surface area contributed by atoms with Crippen LogP contribution >= 0.6 is 0 Å². The van der Waals surface area contributed by atoms with Crippen molar-refractivity contribution >= 4 is 27.8 Å². The maximum absolute atomic E-state index is 11.5.